The third-order valence-electron chi connectivity index (χ3n) is 5.64. The molecular formula is C23H20FN5O4. The maximum atomic E-state index is 14.5. The fourth-order valence-corrected chi connectivity index (χ4v) is 3.73. The van der Waals surface area contributed by atoms with Gasteiger partial charge in [0.1, 0.15) is 22.8 Å². The molecule has 0 unspecified atom stereocenters. The Morgan fingerprint density at radius 3 is 2.67 bits per heavy atom. The summed E-state index contributed by atoms with van der Waals surface area (Å²) in [6.45, 7) is 1.76. The number of carboxylic acids is 1. The number of rotatable bonds is 6. The molecule has 4 aromatic rings. The van der Waals surface area contributed by atoms with Gasteiger partial charge in [-0.05, 0) is 43.0 Å². The van der Waals surface area contributed by atoms with Crippen LogP contribution >= 0.6 is 0 Å². The van der Waals surface area contributed by atoms with Crippen LogP contribution in [-0.4, -0.2) is 49.3 Å². The van der Waals surface area contributed by atoms with Crippen LogP contribution in [0.5, 0.6) is 5.75 Å². The highest BCUT2D eigenvalue weighted by molar-refractivity contribution is 5.96. The Kier molecular flexibility index (Phi) is 4.85. The number of nitrogens with one attached hydrogen (secondary N) is 1. The molecular weight excluding hydrogens is 429 g/mol. The molecule has 0 saturated heterocycles. The fraction of sp³-hybridized carbons (Fsp3) is 0.217. The number of methoxy groups -OCH3 is 1. The molecule has 1 aliphatic rings. The summed E-state index contributed by atoms with van der Waals surface area (Å²) in [6.07, 6.45) is 8.12. The number of ether oxygens (including phenoxy) is 1. The Bertz CT molecular complexity index is 1420. The lowest BCUT2D eigenvalue weighted by Crippen LogP contribution is -2.26. The predicted molar refractivity (Wildman–Crippen MR) is 116 cm³/mol. The van der Waals surface area contributed by atoms with E-state index in [2.05, 4.69) is 15.4 Å². The first-order valence-electron chi connectivity index (χ1n) is 10.3. The molecule has 1 aromatic carbocycles. The molecule has 0 aliphatic heterocycles. The van der Waals surface area contributed by atoms with Crippen LogP contribution in [0.2, 0.25) is 0 Å². The lowest BCUT2D eigenvalue weighted by atomic mass is 9.99. The number of aromatic carboxylic acids is 1. The molecule has 1 fully saturated rings. The summed E-state index contributed by atoms with van der Waals surface area (Å²) < 4.78 is 22.8. The van der Waals surface area contributed by atoms with Crippen molar-refractivity contribution < 1.29 is 23.8 Å². The van der Waals surface area contributed by atoms with Crippen LogP contribution in [0, 0.1) is 12.7 Å². The number of aromatic nitrogens is 4. The lowest BCUT2D eigenvalue weighted by Gasteiger charge is -2.10. The molecule has 1 aliphatic carbocycles. The second-order valence-corrected chi connectivity index (χ2v) is 7.97. The van der Waals surface area contributed by atoms with Crippen molar-refractivity contribution in [3.8, 4) is 22.7 Å². The number of carbonyl (C=O) groups excluding carboxylic acids is 1. The number of hydrogen-bond acceptors (Lipinski definition) is 5. The van der Waals surface area contributed by atoms with Gasteiger partial charge in [-0.15, -0.1) is 0 Å². The number of aryl methyl sites for hydroxylation is 1. The van der Waals surface area contributed by atoms with E-state index < -0.39 is 17.7 Å². The van der Waals surface area contributed by atoms with E-state index in [0.29, 0.717) is 28.2 Å². The highest BCUT2D eigenvalue weighted by atomic mass is 19.1. The van der Waals surface area contributed by atoms with Crippen LogP contribution < -0.4 is 10.1 Å². The number of fused-ring (bicyclic) bond motifs is 1. The lowest BCUT2D eigenvalue weighted by molar-refractivity contribution is 0.0692. The molecule has 0 radical (unpaired) electrons. The van der Waals surface area contributed by atoms with Crippen molar-refractivity contribution in [2.75, 3.05) is 7.11 Å². The summed E-state index contributed by atoms with van der Waals surface area (Å²) in [6, 6.07) is 4.53. The van der Waals surface area contributed by atoms with E-state index in [1.54, 1.807) is 34.6 Å². The zero-order chi connectivity index (χ0) is 23.3. The van der Waals surface area contributed by atoms with E-state index >= 15 is 0 Å². The molecule has 5 rings (SSSR count). The smallest absolute Gasteiger partial charge is 0.341 e. The second kappa shape index (κ2) is 7.73. The minimum atomic E-state index is -1.13. The largest absolute Gasteiger partial charge is 0.496 e. The summed E-state index contributed by atoms with van der Waals surface area (Å²) in [5.74, 6) is -1.42. The van der Waals surface area contributed by atoms with Gasteiger partial charge in [-0.1, -0.05) is 0 Å². The molecule has 3 heterocycles. The van der Waals surface area contributed by atoms with E-state index in [0.717, 1.165) is 12.8 Å². The third-order valence-corrected chi connectivity index (χ3v) is 5.64. The fourth-order valence-electron chi connectivity index (χ4n) is 3.73. The first kappa shape index (κ1) is 20.7. The van der Waals surface area contributed by atoms with Crippen LogP contribution in [0.1, 0.15) is 39.1 Å². The van der Waals surface area contributed by atoms with Gasteiger partial charge in [0.15, 0.2) is 5.82 Å². The normalized spacial score (nSPS) is 13.3. The van der Waals surface area contributed by atoms with Gasteiger partial charge in [0.25, 0.3) is 5.91 Å². The molecule has 0 spiro atoms. The third kappa shape index (κ3) is 3.69. The van der Waals surface area contributed by atoms with Gasteiger partial charge in [-0.3, -0.25) is 9.20 Å². The highest BCUT2D eigenvalue weighted by Crippen LogP contribution is 2.29. The summed E-state index contributed by atoms with van der Waals surface area (Å²) in [5, 5.41) is 16.7. The van der Waals surface area contributed by atoms with Crippen LogP contribution in [-0.2, 0) is 0 Å². The number of halogens is 1. The average molecular weight is 449 g/mol. The second-order valence-electron chi connectivity index (χ2n) is 7.97. The van der Waals surface area contributed by atoms with Crippen molar-refractivity contribution in [3.63, 3.8) is 0 Å². The molecule has 10 heteroatoms. The van der Waals surface area contributed by atoms with Crippen LogP contribution in [0.15, 0.2) is 43.0 Å². The Morgan fingerprint density at radius 2 is 1.97 bits per heavy atom. The molecule has 1 amide bonds. The van der Waals surface area contributed by atoms with Gasteiger partial charge >= 0.3 is 5.97 Å². The SMILES string of the molecule is COc1cc2ncc(-n3cc(-c4cc(C(=O)NC5CC5)c(F)cc4C)cn3)n2cc1C(=O)O. The molecule has 3 aromatic heterocycles. The molecule has 0 bridgehead atoms. The average Bonchev–Trinajstić information content (AvgIpc) is 3.30. The van der Waals surface area contributed by atoms with Gasteiger partial charge < -0.3 is 15.2 Å². The number of imidazole rings is 1. The number of carboxylic acid groups (broad SMARTS) is 1. The minimum Gasteiger partial charge on any atom is -0.496 e. The molecule has 9 nitrogen and oxygen atoms in total. The van der Waals surface area contributed by atoms with E-state index in [4.69, 9.17) is 4.74 Å². The summed E-state index contributed by atoms with van der Waals surface area (Å²) in [7, 11) is 1.39. The van der Waals surface area contributed by atoms with Crippen molar-refractivity contribution in [3.05, 3.63) is 65.5 Å². The molecule has 0 atom stereocenters. The summed E-state index contributed by atoms with van der Waals surface area (Å²) >= 11 is 0. The summed E-state index contributed by atoms with van der Waals surface area (Å²) in [5.41, 5.74) is 2.47. The molecule has 2 N–H and O–H groups in total. The maximum Gasteiger partial charge on any atom is 0.341 e. The maximum absolute atomic E-state index is 14.5. The minimum absolute atomic E-state index is 0.0109. The van der Waals surface area contributed by atoms with Crippen molar-refractivity contribution in [2.24, 2.45) is 0 Å². The van der Waals surface area contributed by atoms with Gasteiger partial charge in [0.05, 0.1) is 25.1 Å². The number of nitrogens with zero attached hydrogens (tertiary/aromatic N) is 4. The molecule has 33 heavy (non-hydrogen) atoms. The number of benzene rings is 1. The Balaban J connectivity index is 1.55. The van der Waals surface area contributed by atoms with Gasteiger partial charge in [0.2, 0.25) is 0 Å². The van der Waals surface area contributed by atoms with Crippen molar-refractivity contribution >= 4 is 17.5 Å². The zero-order valence-corrected chi connectivity index (χ0v) is 17.9. The van der Waals surface area contributed by atoms with E-state index in [1.165, 1.54) is 31.5 Å². The molecule has 1 saturated carbocycles. The number of amides is 1. The quantitative estimate of drug-likeness (QED) is 0.468. The van der Waals surface area contributed by atoms with E-state index in [9.17, 15) is 19.1 Å². The zero-order valence-electron chi connectivity index (χ0n) is 17.9. The van der Waals surface area contributed by atoms with Crippen molar-refractivity contribution in [1.82, 2.24) is 24.5 Å². The van der Waals surface area contributed by atoms with Gasteiger partial charge in [0, 0.05) is 30.1 Å². The Labute approximate surface area is 187 Å². The Hall–Kier alpha value is -4.21. The van der Waals surface area contributed by atoms with Gasteiger partial charge in [-0.2, -0.15) is 5.10 Å². The van der Waals surface area contributed by atoms with Gasteiger partial charge in [-0.25, -0.2) is 18.9 Å². The number of pyridine rings is 1. The summed E-state index contributed by atoms with van der Waals surface area (Å²) in [4.78, 5) is 28.4. The first-order valence-corrected chi connectivity index (χ1v) is 10.3. The first-order chi connectivity index (χ1) is 15.9. The van der Waals surface area contributed by atoms with Crippen molar-refractivity contribution in [2.45, 2.75) is 25.8 Å². The Morgan fingerprint density at radius 1 is 1.18 bits per heavy atom. The van der Waals surface area contributed by atoms with E-state index in [-0.39, 0.29) is 22.9 Å². The monoisotopic (exact) mass is 449 g/mol. The number of hydrogen-bond donors (Lipinski definition) is 2. The van der Waals surface area contributed by atoms with E-state index in [1.807, 2.05) is 0 Å². The van der Waals surface area contributed by atoms with Crippen LogP contribution in [0.4, 0.5) is 4.39 Å². The van der Waals surface area contributed by atoms with Crippen molar-refractivity contribution in [1.29, 1.82) is 0 Å². The number of carbonyl (C=O) groups is 2. The molecule has 168 valence electrons. The topological polar surface area (TPSA) is 111 Å². The standard InChI is InChI=1S/C23H20FN5O4/c1-12-5-18(24)16(22(30)27-14-3-4-14)6-15(12)13-8-26-29(10-13)21-9-25-20-7-19(33-2)17(23(31)32)11-28(20)21/h5-11,14H,3-4H2,1-2H3,(H,27,30)(H,31,32). The predicted octanol–water partition coefficient (Wildman–Crippen LogP) is 3.23. The van der Waals surface area contributed by atoms with Crippen LogP contribution in [0.3, 0.4) is 0 Å². The van der Waals surface area contributed by atoms with Crippen LogP contribution in [0.25, 0.3) is 22.6 Å². The highest BCUT2D eigenvalue weighted by Gasteiger charge is 2.26.